The van der Waals surface area contributed by atoms with Gasteiger partial charge in [0.25, 0.3) is 5.56 Å². The molecule has 6 nitrogen and oxygen atoms in total. The number of nitrogens with zero attached hydrogens (tertiary/aromatic N) is 2. The van der Waals surface area contributed by atoms with E-state index in [1.54, 1.807) is 6.92 Å². The van der Waals surface area contributed by atoms with Crippen LogP contribution in [0.25, 0.3) is 10.8 Å². The van der Waals surface area contributed by atoms with Crippen molar-refractivity contribution in [2.45, 2.75) is 76.5 Å². The summed E-state index contributed by atoms with van der Waals surface area (Å²) in [6, 6.07) is 6.00. The minimum atomic E-state index is -0.694. The van der Waals surface area contributed by atoms with Crippen molar-refractivity contribution in [1.29, 1.82) is 0 Å². The Bertz CT molecular complexity index is 949. The van der Waals surface area contributed by atoms with Gasteiger partial charge in [-0.2, -0.15) is 5.10 Å². The third-order valence-corrected chi connectivity index (χ3v) is 5.64. The fourth-order valence-corrected chi connectivity index (χ4v) is 4.05. The van der Waals surface area contributed by atoms with Crippen LogP contribution in [0, 0.1) is 0 Å². The first-order chi connectivity index (χ1) is 12.7. The molecule has 6 heteroatoms. The maximum absolute atomic E-state index is 12.9. The van der Waals surface area contributed by atoms with Crippen molar-refractivity contribution in [2.75, 3.05) is 0 Å². The molecule has 0 unspecified atom stereocenters. The van der Waals surface area contributed by atoms with Gasteiger partial charge in [-0.25, -0.2) is 4.68 Å². The predicted octanol–water partition coefficient (Wildman–Crippen LogP) is 2.43. The number of benzene rings is 1. The molecule has 0 spiro atoms. The Hall–Kier alpha value is -2.21. The number of hydrogen-bond donors (Lipinski definition) is 2. The van der Waals surface area contributed by atoms with Gasteiger partial charge in [0, 0.05) is 11.4 Å². The minimum absolute atomic E-state index is 0.0330. The molecule has 1 heterocycles. The number of fused-ring (bicyclic) bond motifs is 1. The lowest BCUT2D eigenvalue weighted by Crippen LogP contribution is -2.54. The Balaban J connectivity index is 1.62. The molecule has 0 bridgehead atoms. The molecule has 27 heavy (non-hydrogen) atoms. The highest BCUT2D eigenvalue weighted by molar-refractivity contribution is 5.85. The largest absolute Gasteiger partial charge is 0.390 e. The first-order valence-electron chi connectivity index (χ1n) is 9.80. The molecule has 4 rings (SSSR count). The molecule has 1 aromatic heterocycles. The highest BCUT2D eigenvalue weighted by Gasteiger charge is 2.39. The van der Waals surface area contributed by atoms with Gasteiger partial charge in [0.15, 0.2) is 0 Å². The molecule has 0 aliphatic heterocycles. The van der Waals surface area contributed by atoms with Gasteiger partial charge in [-0.05, 0) is 62.1 Å². The molecule has 2 aliphatic rings. The summed E-state index contributed by atoms with van der Waals surface area (Å²) in [6.45, 7) is 5.77. The van der Waals surface area contributed by atoms with Gasteiger partial charge in [-0.1, -0.05) is 19.9 Å². The third kappa shape index (κ3) is 3.63. The summed E-state index contributed by atoms with van der Waals surface area (Å²) in [5.41, 5.74) is 1.21. The summed E-state index contributed by atoms with van der Waals surface area (Å²) in [6.07, 6.45) is 3.50. The lowest BCUT2D eigenvalue weighted by molar-refractivity contribution is -0.125. The maximum Gasteiger partial charge on any atom is 0.275 e. The molecule has 1 aromatic carbocycles. The molecule has 144 valence electrons. The second-order valence-corrected chi connectivity index (χ2v) is 8.75. The molecular formula is C21H27N3O3. The molecule has 0 radical (unpaired) electrons. The van der Waals surface area contributed by atoms with E-state index in [1.807, 2.05) is 12.1 Å². The van der Waals surface area contributed by atoms with E-state index in [-0.39, 0.29) is 30.0 Å². The Kier molecular flexibility index (Phi) is 4.34. The van der Waals surface area contributed by atoms with Crippen LogP contribution in [0.3, 0.4) is 0 Å². The number of carbonyl (C=O) groups is 1. The summed E-state index contributed by atoms with van der Waals surface area (Å²) in [5.74, 6) is 0.523. The average Bonchev–Trinajstić information content (AvgIpc) is 3.40. The quantitative estimate of drug-likeness (QED) is 0.848. The van der Waals surface area contributed by atoms with E-state index in [1.165, 1.54) is 23.1 Å². The third-order valence-electron chi connectivity index (χ3n) is 5.64. The molecular weight excluding hydrogens is 342 g/mol. The van der Waals surface area contributed by atoms with Crippen molar-refractivity contribution in [3.8, 4) is 0 Å². The Morgan fingerprint density at radius 3 is 2.63 bits per heavy atom. The first kappa shape index (κ1) is 18.2. The molecule has 0 saturated heterocycles. The van der Waals surface area contributed by atoms with Crippen molar-refractivity contribution in [3.63, 3.8) is 0 Å². The molecule has 2 saturated carbocycles. The number of aromatic nitrogens is 2. The van der Waals surface area contributed by atoms with E-state index in [4.69, 9.17) is 0 Å². The van der Waals surface area contributed by atoms with Crippen molar-refractivity contribution in [1.82, 2.24) is 15.1 Å². The normalized spacial score (nSPS) is 24.9. The van der Waals surface area contributed by atoms with Crippen LogP contribution in [0.5, 0.6) is 0 Å². The van der Waals surface area contributed by atoms with Crippen LogP contribution in [-0.4, -0.2) is 32.4 Å². The van der Waals surface area contributed by atoms with Crippen LogP contribution in [0.4, 0.5) is 0 Å². The van der Waals surface area contributed by atoms with E-state index in [0.717, 1.165) is 11.1 Å². The summed E-state index contributed by atoms with van der Waals surface area (Å²) < 4.78 is 1.28. The fourth-order valence-electron chi connectivity index (χ4n) is 4.05. The lowest BCUT2D eigenvalue weighted by atomic mass is 9.77. The molecule has 0 atom stereocenters. The maximum atomic E-state index is 12.9. The molecule has 2 aromatic rings. The van der Waals surface area contributed by atoms with Crippen LogP contribution < -0.4 is 10.9 Å². The Morgan fingerprint density at radius 2 is 2.04 bits per heavy atom. The second-order valence-electron chi connectivity index (χ2n) is 8.75. The van der Waals surface area contributed by atoms with Crippen LogP contribution in [0.1, 0.15) is 69.5 Å². The first-order valence-corrected chi connectivity index (χ1v) is 9.80. The standard InChI is InChI=1S/C21H27N3O3/c1-12(2)19-17-8-14(13-4-5-13)6-7-16(17)20(26)24(23-19)11-18(25)22-15-9-21(3,27)10-15/h6-8,12-13,15,27H,4-5,9-11H2,1-3H3,(H,22,25). The predicted molar refractivity (Wildman–Crippen MR) is 104 cm³/mol. The van der Waals surface area contributed by atoms with Crippen molar-refractivity contribution < 1.29 is 9.90 Å². The number of rotatable bonds is 5. The molecule has 2 fully saturated rings. The molecule has 2 aliphatic carbocycles. The number of amides is 1. The highest BCUT2D eigenvalue weighted by Crippen LogP contribution is 2.41. The van der Waals surface area contributed by atoms with Crippen LogP contribution in [0.2, 0.25) is 0 Å². The number of carbonyl (C=O) groups excluding carboxylic acids is 1. The number of hydrogen-bond acceptors (Lipinski definition) is 4. The minimum Gasteiger partial charge on any atom is -0.390 e. The fraction of sp³-hybridized carbons (Fsp3) is 0.571. The van der Waals surface area contributed by atoms with Crippen LogP contribution >= 0.6 is 0 Å². The lowest BCUT2D eigenvalue weighted by Gasteiger charge is -2.41. The topological polar surface area (TPSA) is 84.2 Å². The second kappa shape index (κ2) is 6.44. The van der Waals surface area contributed by atoms with Crippen molar-refractivity contribution in [2.24, 2.45) is 0 Å². The van der Waals surface area contributed by atoms with Gasteiger partial charge in [-0.15, -0.1) is 0 Å². The summed E-state index contributed by atoms with van der Waals surface area (Å²) in [7, 11) is 0. The van der Waals surface area contributed by atoms with E-state index >= 15 is 0 Å². The van der Waals surface area contributed by atoms with Gasteiger partial charge >= 0.3 is 0 Å². The Labute approximate surface area is 158 Å². The van der Waals surface area contributed by atoms with E-state index in [9.17, 15) is 14.7 Å². The number of nitrogens with one attached hydrogen (secondary N) is 1. The van der Waals surface area contributed by atoms with E-state index in [2.05, 4.69) is 30.3 Å². The zero-order valence-electron chi connectivity index (χ0n) is 16.2. The Morgan fingerprint density at radius 1 is 1.33 bits per heavy atom. The average molecular weight is 369 g/mol. The monoisotopic (exact) mass is 369 g/mol. The van der Waals surface area contributed by atoms with Gasteiger partial charge in [0.2, 0.25) is 5.91 Å². The van der Waals surface area contributed by atoms with Crippen LogP contribution in [0.15, 0.2) is 23.0 Å². The number of aliphatic hydroxyl groups is 1. The van der Waals surface area contributed by atoms with Gasteiger partial charge in [0.1, 0.15) is 6.54 Å². The van der Waals surface area contributed by atoms with Gasteiger partial charge < -0.3 is 10.4 Å². The zero-order chi connectivity index (χ0) is 19.3. The zero-order valence-corrected chi connectivity index (χ0v) is 16.2. The van der Waals surface area contributed by atoms with Gasteiger partial charge in [-0.3, -0.25) is 9.59 Å². The van der Waals surface area contributed by atoms with Crippen LogP contribution in [-0.2, 0) is 11.3 Å². The summed E-state index contributed by atoms with van der Waals surface area (Å²) in [5, 5.41) is 18.7. The smallest absolute Gasteiger partial charge is 0.275 e. The van der Waals surface area contributed by atoms with Crippen molar-refractivity contribution >= 4 is 16.7 Å². The molecule has 1 amide bonds. The summed E-state index contributed by atoms with van der Waals surface area (Å²) in [4.78, 5) is 25.2. The molecule has 2 N–H and O–H groups in total. The van der Waals surface area contributed by atoms with Gasteiger partial charge in [0.05, 0.1) is 16.7 Å². The van der Waals surface area contributed by atoms with Crippen molar-refractivity contribution in [3.05, 3.63) is 39.8 Å². The van der Waals surface area contributed by atoms with E-state index in [0.29, 0.717) is 24.1 Å². The SMILES string of the molecule is CC(C)c1nn(CC(=O)NC2CC(C)(O)C2)c(=O)c2ccc(C3CC3)cc12. The highest BCUT2D eigenvalue weighted by atomic mass is 16.3. The summed E-state index contributed by atoms with van der Waals surface area (Å²) >= 11 is 0. The van der Waals surface area contributed by atoms with E-state index < -0.39 is 5.60 Å².